The van der Waals surface area contributed by atoms with Crippen LogP contribution < -0.4 is 0 Å². The number of alkyl halides is 3. The van der Waals surface area contributed by atoms with Gasteiger partial charge in [0, 0.05) is 17.1 Å². The third-order valence-electron chi connectivity index (χ3n) is 2.73. The van der Waals surface area contributed by atoms with E-state index in [0.29, 0.717) is 11.1 Å². The van der Waals surface area contributed by atoms with E-state index in [2.05, 4.69) is 4.98 Å². The summed E-state index contributed by atoms with van der Waals surface area (Å²) in [4.78, 5) is 14.1. The molecule has 0 atom stereocenters. The van der Waals surface area contributed by atoms with Crippen LogP contribution in [0.4, 0.5) is 13.2 Å². The highest BCUT2D eigenvalue weighted by Gasteiger charge is 2.33. The van der Waals surface area contributed by atoms with Crippen molar-refractivity contribution in [3.63, 3.8) is 0 Å². The van der Waals surface area contributed by atoms with Crippen molar-refractivity contribution in [1.29, 1.82) is 0 Å². The Morgan fingerprint density at radius 1 is 1.37 bits per heavy atom. The van der Waals surface area contributed by atoms with Crippen LogP contribution in [-0.2, 0) is 22.1 Å². The van der Waals surface area contributed by atoms with Crippen molar-refractivity contribution in [3.05, 3.63) is 35.5 Å². The molecule has 19 heavy (non-hydrogen) atoms. The number of hydrogen-bond donors (Lipinski definition) is 1. The van der Waals surface area contributed by atoms with E-state index in [9.17, 15) is 18.0 Å². The minimum atomic E-state index is -4.45. The normalized spacial score (nSPS) is 11.8. The second kappa shape index (κ2) is 4.95. The summed E-state index contributed by atoms with van der Waals surface area (Å²) in [5.41, 5.74) is -0.0963. The third-order valence-corrected chi connectivity index (χ3v) is 2.73. The van der Waals surface area contributed by atoms with Crippen LogP contribution in [0, 0.1) is 0 Å². The number of esters is 1. The second-order valence-electron chi connectivity index (χ2n) is 4.02. The van der Waals surface area contributed by atoms with Crippen LogP contribution in [0.15, 0.2) is 24.4 Å². The molecule has 0 spiro atoms. The summed E-state index contributed by atoms with van der Waals surface area (Å²) in [6, 6.07) is 3.87. The fraction of sp³-hybridized carbons (Fsp3) is 0.308. The van der Waals surface area contributed by atoms with Crippen LogP contribution in [0.25, 0.3) is 10.9 Å². The van der Waals surface area contributed by atoms with Crippen LogP contribution in [0.1, 0.15) is 18.1 Å². The van der Waals surface area contributed by atoms with Gasteiger partial charge in [-0.1, -0.05) is 6.07 Å². The lowest BCUT2D eigenvalue weighted by molar-refractivity contribution is -0.142. The van der Waals surface area contributed by atoms with Gasteiger partial charge in [0.1, 0.15) is 0 Å². The highest BCUT2D eigenvalue weighted by Crippen LogP contribution is 2.36. The maximum absolute atomic E-state index is 12.9. The van der Waals surface area contributed by atoms with Crippen LogP contribution in [0.2, 0.25) is 0 Å². The SMILES string of the molecule is CCOC(=O)Cc1c[nH]c2cccc(C(F)(F)F)c12. The maximum atomic E-state index is 12.9. The molecule has 0 aliphatic carbocycles. The summed E-state index contributed by atoms with van der Waals surface area (Å²) in [7, 11) is 0. The van der Waals surface area contributed by atoms with Crippen molar-refractivity contribution in [3.8, 4) is 0 Å². The van der Waals surface area contributed by atoms with Gasteiger partial charge in [0.2, 0.25) is 0 Å². The van der Waals surface area contributed by atoms with Crippen LogP contribution in [0.3, 0.4) is 0 Å². The first kappa shape index (κ1) is 13.5. The fourth-order valence-corrected chi connectivity index (χ4v) is 2.00. The number of fused-ring (bicyclic) bond motifs is 1. The van der Waals surface area contributed by atoms with Crippen LogP contribution in [0.5, 0.6) is 0 Å². The molecule has 0 saturated carbocycles. The minimum Gasteiger partial charge on any atom is -0.466 e. The van der Waals surface area contributed by atoms with Crippen molar-refractivity contribution in [2.24, 2.45) is 0 Å². The van der Waals surface area contributed by atoms with Gasteiger partial charge < -0.3 is 9.72 Å². The Bertz CT molecular complexity index is 601. The molecule has 2 aromatic rings. The van der Waals surface area contributed by atoms with Gasteiger partial charge in [-0.2, -0.15) is 13.2 Å². The van der Waals surface area contributed by atoms with E-state index in [1.54, 1.807) is 13.0 Å². The highest BCUT2D eigenvalue weighted by atomic mass is 19.4. The summed E-state index contributed by atoms with van der Waals surface area (Å²) < 4.78 is 43.5. The first-order valence-electron chi connectivity index (χ1n) is 5.75. The summed E-state index contributed by atoms with van der Waals surface area (Å²) in [5.74, 6) is -0.541. The molecule has 0 radical (unpaired) electrons. The molecule has 0 amide bonds. The number of hydrogen-bond acceptors (Lipinski definition) is 2. The Morgan fingerprint density at radius 3 is 2.74 bits per heavy atom. The summed E-state index contributed by atoms with van der Waals surface area (Å²) in [6.45, 7) is 1.85. The maximum Gasteiger partial charge on any atom is 0.417 e. The van der Waals surface area contributed by atoms with Crippen LogP contribution in [-0.4, -0.2) is 17.6 Å². The Labute approximate surface area is 107 Å². The molecule has 3 nitrogen and oxygen atoms in total. The average molecular weight is 271 g/mol. The molecule has 1 heterocycles. The van der Waals surface area contributed by atoms with Gasteiger partial charge in [0.25, 0.3) is 0 Å². The molecule has 0 saturated heterocycles. The van der Waals surface area contributed by atoms with Crippen molar-refractivity contribution < 1.29 is 22.7 Å². The third kappa shape index (κ3) is 2.72. The predicted molar refractivity (Wildman–Crippen MR) is 63.6 cm³/mol. The van der Waals surface area contributed by atoms with Crippen molar-refractivity contribution in [1.82, 2.24) is 4.98 Å². The molecule has 1 N–H and O–H groups in total. The number of benzene rings is 1. The molecule has 0 unspecified atom stereocenters. The first-order valence-corrected chi connectivity index (χ1v) is 5.75. The summed E-state index contributed by atoms with van der Waals surface area (Å²) in [6.07, 6.45) is -3.22. The van der Waals surface area contributed by atoms with E-state index in [0.717, 1.165) is 6.07 Å². The molecule has 0 aliphatic heterocycles. The lowest BCUT2D eigenvalue weighted by Crippen LogP contribution is -2.09. The van der Waals surface area contributed by atoms with Crippen molar-refractivity contribution in [2.45, 2.75) is 19.5 Å². The van der Waals surface area contributed by atoms with Gasteiger partial charge in [0.15, 0.2) is 0 Å². The Morgan fingerprint density at radius 2 is 2.11 bits per heavy atom. The van der Waals surface area contributed by atoms with E-state index < -0.39 is 17.7 Å². The molecule has 0 bridgehead atoms. The topological polar surface area (TPSA) is 42.1 Å². The molecule has 0 aliphatic rings. The Hall–Kier alpha value is -1.98. The monoisotopic (exact) mass is 271 g/mol. The Balaban J connectivity index is 2.48. The van der Waals surface area contributed by atoms with E-state index in [1.165, 1.54) is 12.3 Å². The Kier molecular flexibility index (Phi) is 3.50. The largest absolute Gasteiger partial charge is 0.466 e. The van der Waals surface area contributed by atoms with Crippen LogP contribution >= 0.6 is 0 Å². The van der Waals surface area contributed by atoms with Gasteiger partial charge in [-0.3, -0.25) is 4.79 Å². The number of aromatic amines is 1. The molecule has 0 fully saturated rings. The zero-order chi connectivity index (χ0) is 14.0. The summed E-state index contributed by atoms with van der Waals surface area (Å²) in [5, 5.41) is 0.0306. The number of carbonyl (C=O) groups is 1. The number of carbonyl (C=O) groups excluding carboxylic acids is 1. The van der Waals surface area contributed by atoms with Gasteiger partial charge in [-0.15, -0.1) is 0 Å². The summed E-state index contributed by atoms with van der Waals surface area (Å²) >= 11 is 0. The number of halogens is 3. The van der Waals surface area contributed by atoms with E-state index in [4.69, 9.17) is 4.74 Å². The van der Waals surface area contributed by atoms with Gasteiger partial charge in [-0.25, -0.2) is 0 Å². The zero-order valence-corrected chi connectivity index (χ0v) is 10.2. The first-order chi connectivity index (χ1) is 8.93. The number of rotatable bonds is 3. The van der Waals surface area contributed by atoms with Gasteiger partial charge in [0.05, 0.1) is 18.6 Å². The average Bonchev–Trinajstić information content (AvgIpc) is 2.71. The molecule has 2 rings (SSSR count). The van der Waals surface area contributed by atoms with E-state index in [-0.39, 0.29) is 18.4 Å². The zero-order valence-electron chi connectivity index (χ0n) is 10.2. The molecular formula is C13H12F3NO2. The quantitative estimate of drug-likeness (QED) is 0.870. The number of nitrogens with one attached hydrogen (secondary N) is 1. The van der Waals surface area contributed by atoms with E-state index >= 15 is 0 Å². The lowest BCUT2D eigenvalue weighted by Gasteiger charge is -2.09. The van der Waals surface area contributed by atoms with E-state index in [1.807, 2.05) is 0 Å². The van der Waals surface area contributed by atoms with Gasteiger partial charge >= 0.3 is 12.1 Å². The molecule has 1 aromatic heterocycles. The molecule has 1 aromatic carbocycles. The predicted octanol–water partition coefficient (Wildman–Crippen LogP) is 3.29. The highest BCUT2D eigenvalue weighted by molar-refractivity contribution is 5.90. The second-order valence-corrected chi connectivity index (χ2v) is 4.02. The van der Waals surface area contributed by atoms with Crippen molar-refractivity contribution >= 4 is 16.9 Å². The minimum absolute atomic E-state index is 0.0306. The fourth-order valence-electron chi connectivity index (χ4n) is 2.00. The number of aromatic nitrogens is 1. The number of H-pyrrole nitrogens is 1. The van der Waals surface area contributed by atoms with Crippen molar-refractivity contribution in [2.75, 3.05) is 6.61 Å². The standard InChI is InChI=1S/C13H12F3NO2/c1-2-19-11(18)6-8-7-17-10-5-3-4-9(12(8)10)13(14,15)16/h3-5,7,17H,2,6H2,1H3. The molecule has 102 valence electrons. The molecule has 6 heteroatoms. The van der Waals surface area contributed by atoms with Gasteiger partial charge in [-0.05, 0) is 24.6 Å². The lowest BCUT2D eigenvalue weighted by atomic mass is 10.0. The molecular weight excluding hydrogens is 259 g/mol. The number of ether oxygens (including phenoxy) is 1. The smallest absolute Gasteiger partial charge is 0.417 e.